The Morgan fingerprint density at radius 3 is 2.39 bits per heavy atom. The number of hydrogen-bond donors (Lipinski definition) is 2. The van der Waals surface area contributed by atoms with Crippen molar-refractivity contribution >= 4 is 17.7 Å². The van der Waals surface area contributed by atoms with E-state index in [1.165, 1.54) is 4.90 Å². The fourth-order valence-electron chi connectivity index (χ4n) is 2.37. The number of urea groups is 1. The van der Waals surface area contributed by atoms with Gasteiger partial charge in [-0.05, 0) is 11.8 Å². The monoisotopic (exact) mass is 324 g/mol. The Kier molecular flexibility index (Phi) is 6.60. The molecule has 1 atom stereocenters. The minimum atomic E-state index is -0.919. The van der Waals surface area contributed by atoms with Gasteiger partial charge in [0.05, 0.1) is 23.5 Å². The van der Waals surface area contributed by atoms with Gasteiger partial charge in [0.1, 0.15) is 0 Å². The summed E-state index contributed by atoms with van der Waals surface area (Å²) < 4.78 is 1.92. The molecule has 130 valence electrons. The second-order valence-electron chi connectivity index (χ2n) is 6.72. The summed E-state index contributed by atoms with van der Waals surface area (Å²) in [5.74, 6) is -0.860. The van der Waals surface area contributed by atoms with Crippen LogP contribution in [0.2, 0.25) is 0 Å². The van der Waals surface area contributed by atoms with Crippen LogP contribution in [0.15, 0.2) is 6.20 Å². The van der Waals surface area contributed by atoms with Crippen molar-refractivity contribution in [3.63, 3.8) is 0 Å². The molecule has 0 aliphatic heterocycles. The van der Waals surface area contributed by atoms with Crippen LogP contribution in [0.1, 0.15) is 46.2 Å². The van der Waals surface area contributed by atoms with Gasteiger partial charge in [-0.1, -0.05) is 34.6 Å². The summed E-state index contributed by atoms with van der Waals surface area (Å²) in [6.45, 7) is 10.9. The van der Waals surface area contributed by atoms with E-state index in [9.17, 15) is 9.59 Å². The minimum absolute atomic E-state index is 0.151. The van der Waals surface area contributed by atoms with E-state index in [0.29, 0.717) is 11.6 Å². The third kappa shape index (κ3) is 5.26. The molecule has 1 aromatic rings. The van der Waals surface area contributed by atoms with Crippen LogP contribution in [-0.2, 0) is 11.3 Å². The van der Waals surface area contributed by atoms with Crippen LogP contribution in [0.3, 0.4) is 0 Å². The Balaban J connectivity index is 2.85. The number of nitrogens with one attached hydrogen (secondary N) is 1. The standard InChI is InChI=1S/C16H28N4O3/c1-10(2)8-20-14(11(3)4)13(7-17-20)18-16(23)19(6)9-12(5)15(21)22/h7,10-12H,8-9H2,1-6H3,(H,18,23)(H,21,22). The van der Waals surface area contributed by atoms with Crippen LogP contribution < -0.4 is 5.32 Å². The largest absolute Gasteiger partial charge is 0.481 e. The Hall–Kier alpha value is -2.05. The Morgan fingerprint density at radius 2 is 1.91 bits per heavy atom. The molecule has 0 saturated heterocycles. The maximum Gasteiger partial charge on any atom is 0.321 e. The summed E-state index contributed by atoms with van der Waals surface area (Å²) in [6.07, 6.45) is 1.66. The molecule has 0 aliphatic carbocycles. The Morgan fingerprint density at radius 1 is 1.30 bits per heavy atom. The molecule has 2 N–H and O–H groups in total. The molecule has 2 amide bonds. The van der Waals surface area contributed by atoms with Crippen LogP contribution in [0.5, 0.6) is 0 Å². The van der Waals surface area contributed by atoms with E-state index in [-0.39, 0.29) is 18.5 Å². The van der Waals surface area contributed by atoms with Gasteiger partial charge in [-0.25, -0.2) is 4.79 Å². The second kappa shape index (κ2) is 7.99. The topological polar surface area (TPSA) is 87.5 Å². The number of hydrogen-bond acceptors (Lipinski definition) is 3. The van der Waals surface area contributed by atoms with Gasteiger partial charge in [0, 0.05) is 20.1 Å². The molecule has 0 aliphatic rings. The highest BCUT2D eigenvalue weighted by Crippen LogP contribution is 2.25. The van der Waals surface area contributed by atoms with E-state index in [2.05, 4.69) is 38.1 Å². The highest BCUT2D eigenvalue weighted by atomic mass is 16.4. The van der Waals surface area contributed by atoms with Crippen molar-refractivity contribution < 1.29 is 14.7 Å². The number of carboxylic acids is 1. The lowest BCUT2D eigenvalue weighted by molar-refractivity contribution is -0.141. The van der Waals surface area contributed by atoms with Gasteiger partial charge in [0.15, 0.2) is 0 Å². The molecule has 7 nitrogen and oxygen atoms in total. The molecule has 0 spiro atoms. The SMILES string of the molecule is CC(C)Cn1ncc(NC(=O)N(C)CC(C)C(=O)O)c1C(C)C. The first-order valence-electron chi connectivity index (χ1n) is 7.94. The zero-order valence-corrected chi connectivity index (χ0v) is 14.8. The molecule has 23 heavy (non-hydrogen) atoms. The number of carbonyl (C=O) groups excluding carboxylic acids is 1. The highest BCUT2D eigenvalue weighted by Gasteiger charge is 2.21. The highest BCUT2D eigenvalue weighted by molar-refractivity contribution is 5.90. The predicted molar refractivity (Wildman–Crippen MR) is 89.6 cm³/mol. The van der Waals surface area contributed by atoms with E-state index in [1.807, 2.05) is 4.68 Å². The van der Waals surface area contributed by atoms with Crippen LogP contribution in [0.4, 0.5) is 10.5 Å². The molecular formula is C16H28N4O3. The molecule has 1 unspecified atom stereocenters. The summed E-state index contributed by atoms with van der Waals surface area (Å²) in [7, 11) is 1.59. The summed E-state index contributed by atoms with van der Waals surface area (Å²) in [4.78, 5) is 24.5. The predicted octanol–water partition coefficient (Wildman–Crippen LogP) is 2.85. The first-order chi connectivity index (χ1) is 10.6. The normalized spacial score (nSPS) is 12.5. The number of carboxylic acid groups (broad SMARTS) is 1. The quantitative estimate of drug-likeness (QED) is 0.807. The Labute approximate surface area is 137 Å². The van der Waals surface area contributed by atoms with Gasteiger partial charge in [0.25, 0.3) is 0 Å². The van der Waals surface area contributed by atoms with Gasteiger partial charge < -0.3 is 15.3 Å². The number of nitrogens with zero attached hydrogens (tertiary/aromatic N) is 3. The maximum absolute atomic E-state index is 12.3. The van der Waals surface area contributed by atoms with Gasteiger partial charge in [-0.2, -0.15) is 5.10 Å². The zero-order chi connectivity index (χ0) is 17.7. The third-order valence-corrected chi connectivity index (χ3v) is 3.52. The number of amides is 2. The summed E-state index contributed by atoms with van der Waals surface area (Å²) in [6, 6.07) is -0.330. The van der Waals surface area contributed by atoms with Crippen LogP contribution in [0.25, 0.3) is 0 Å². The molecule has 0 fully saturated rings. The number of rotatable bonds is 7. The van der Waals surface area contributed by atoms with E-state index < -0.39 is 11.9 Å². The molecule has 1 heterocycles. The molecule has 0 bridgehead atoms. The molecule has 7 heteroatoms. The molecule has 1 rings (SSSR count). The lowest BCUT2D eigenvalue weighted by atomic mass is 10.1. The zero-order valence-electron chi connectivity index (χ0n) is 14.8. The van der Waals surface area contributed by atoms with Crippen LogP contribution >= 0.6 is 0 Å². The average Bonchev–Trinajstić information content (AvgIpc) is 2.80. The van der Waals surface area contributed by atoms with E-state index in [0.717, 1.165) is 12.2 Å². The third-order valence-electron chi connectivity index (χ3n) is 3.52. The Bertz CT molecular complexity index is 552. The molecule has 1 aromatic heterocycles. The number of aromatic nitrogens is 2. The van der Waals surface area contributed by atoms with Gasteiger partial charge in [-0.3, -0.25) is 9.48 Å². The summed E-state index contributed by atoms with van der Waals surface area (Å²) in [5.41, 5.74) is 1.66. The van der Waals surface area contributed by atoms with Gasteiger partial charge in [0.2, 0.25) is 0 Å². The van der Waals surface area contributed by atoms with Crippen LogP contribution in [0, 0.1) is 11.8 Å². The van der Waals surface area contributed by atoms with Crippen molar-refractivity contribution in [1.29, 1.82) is 0 Å². The van der Waals surface area contributed by atoms with Crippen molar-refractivity contribution in [1.82, 2.24) is 14.7 Å². The maximum atomic E-state index is 12.3. The van der Waals surface area contributed by atoms with E-state index in [1.54, 1.807) is 20.2 Å². The van der Waals surface area contributed by atoms with E-state index in [4.69, 9.17) is 5.11 Å². The smallest absolute Gasteiger partial charge is 0.321 e. The molecule has 0 aromatic carbocycles. The summed E-state index contributed by atoms with van der Waals surface area (Å²) in [5, 5.41) is 16.1. The lowest BCUT2D eigenvalue weighted by Gasteiger charge is -2.21. The molecule has 0 saturated carbocycles. The number of carbonyl (C=O) groups is 2. The van der Waals surface area contributed by atoms with Gasteiger partial charge >= 0.3 is 12.0 Å². The van der Waals surface area contributed by atoms with Crippen molar-refractivity contribution in [2.45, 2.75) is 47.1 Å². The van der Waals surface area contributed by atoms with Crippen molar-refractivity contribution in [3.8, 4) is 0 Å². The fraction of sp³-hybridized carbons (Fsp3) is 0.688. The van der Waals surface area contributed by atoms with Gasteiger partial charge in [-0.15, -0.1) is 0 Å². The average molecular weight is 324 g/mol. The number of anilines is 1. The number of aliphatic carboxylic acids is 1. The van der Waals surface area contributed by atoms with E-state index >= 15 is 0 Å². The minimum Gasteiger partial charge on any atom is -0.481 e. The first-order valence-corrected chi connectivity index (χ1v) is 7.94. The molecular weight excluding hydrogens is 296 g/mol. The first kappa shape index (κ1) is 19.0. The summed E-state index contributed by atoms with van der Waals surface area (Å²) >= 11 is 0. The molecule has 0 radical (unpaired) electrons. The van der Waals surface area contributed by atoms with Crippen molar-refractivity contribution in [2.75, 3.05) is 18.9 Å². The van der Waals surface area contributed by atoms with Crippen molar-refractivity contribution in [3.05, 3.63) is 11.9 Å². The van der Waals surface area contributed by atoms with Crippen molar-refractivity contribution in [2.24, 2.45) is 11.8 Å². The lowest BCUT2D eigenvalue weighted by Crippen LogP contribution is -2.36. The fourth-order valence-corrected chi connectivity index (χ4v) is 2.37. The van der Waals surface area contributed by atoms with Crippen LogP contribution in [-0.4, -0.2) is 45.4 Å². The second-order valence-corrected chi connectivity index (χ2v) is 6.72.